The number of carboxylic acids is 1. The number of carbonyl (C=O) groups excluding carboxylic acids is 1. The number of hydrogen-bond donors (Lipinski definition) is 2. The van der Waals surface area contributed by atoms with Crippen LogP contribution in [0.5, 0.6) is 0 Å². The highest BCUT2D eigenvalue weighted by Gasteiger charge is 2.59. The second-order valence-electron chi connectivity index (χ2n) is 6.31. The third-order valence-corrected chi connectivity index (χ3v) is 6.44. The molecule has 0 aromatic carbocycles. The van der Waals surface area contributed by atoms with Crippen LogP contribution in [0.3, 0.4) is 0 Å². The predicted octanol–water partition coefficient (Wildman–Crippen LogP) is 0.961. The third-order valence-electron chi connectivity index (χ3n) is 4.79. The molecule has 2 N–H and O–H groups in total. The minimum atomic E-state index is -2.94. The number of hydrogen-bond acceptors (Lipinski definition) is 4. The minimum absolute atomic E-state index is 0.148. The summed E-state index contributed by atoms with van der Waals surface area (Å²) < 4.78 is 22.9. The Morgan fingerprint density at radius 3 is 2.48 bits per heavy atom. The van der Waals surface area contributed by atoms with Gasteiger partial charge in [-0.05, 0) is 31.1 Å². The monoisotopic (exact) mass is 317 g/mol. The van der Waals surface area contributed by atoms with Crippen LogP contribution in [-0.2, 0) is 19.4 Å². The van der Waals surface area contributed by atoms with Crippen molar-refractivity contribution in [1.29, 1.82) is 0 Å². The van der Waals surface area contributed by atoms with Crippen LogP contribution in [-0.4, -0.2) is 42.9 Å². The fourth-order valence-corrected chi connectivity index (χ4v) is 4.79. The highest BCUT2D eigenvalue weighted by atomic mass is 32.2. The molecule has 0 bridgehead atoms. The Kier molecular flexibility index (Phi) is 4.60. The molecule has 1 heterocycles. The normalized spacial score (nSPS) is 27.0. The van der Waals surface area contributed by atoms with Gasteiger partial charge in [-0.3, -0.25) is 4.79 Å². The molecule has 2 atom stereocenters. The van der Waals surface area contributed by atoms with E-state index in [1.54, 1.807) is 0 Å². The molecule has 1 aliphatic carbocycles. The van der Waals surface area contributed by atoms with E-state index in [0.717, 1.165) is 12.8 Å². The fraction of sp³-hybridized carbons (Fsp3) is 0.857. The number of unbranched alkanes of at least 4 members (excludes halogenated alkanes) is 1. The van der Waals surface area contributed by atoms with Gasteiger partial charge in [0.25, 0.3) is 0 Å². The van der Waals surface area contributed by atoms with Crippen molar-refractivity contribution in [2.75, 3.05) is 11.5 Å². The largest absolute Gasteiger partial charge is 0.480 e. The number of carbonyl (C=O) groups is 2. The molecular formula is C14H23NO5S. The van der Waals surface area contributed by atoms with Crippen LogP contribution in [0.2, 0.25) is 0 Å². The van der Waals surface area contributed by atoms with Gasteiger partial charge < -0.3 is 10.4 Å². The maximum Gasteiger partial charge on any atom is 0.326 e. The number of amides is 1. The van der Waals surface area contributed by atoms with Crippen LogP contribution >= 0.6 is 0 Å². The molecule has 1 saturated heterocycles. The van der Waals surface area contributed by atoms with Gasteiger partial charge in [-0.25, -0.2) is 13.2 Å². The lowest BCUT2D eigenvalue weighted by atomic mass is 9.96. The first-order chi connectivity index (χ1) is 9.80. The summed E-state index contributed by atoms with van der Waals surface area (Å²) in [5.41, 5.74) is -0.191. The Labute approximate surface area is 125 Å². The van der Waals surface area contributed by atoms with Gasteiger partial charge >= 0.3 is 5.97 Å². The maximum absolute atomic E-state index is 12.2. The molecule has 6 nitrogen and oxygen atoms in total. The van der Waals surface area contributed by atoms with Crippen LogP contribution in [0.25, 0.3) is 0 Å². The molecule has 0 aromatic rings. The van der Waals surface area contributed by atoms with E-state index in [9.17, 15) is 18.0 Å². The van der Waals surface area contributed by atoms with Crippen molar-refractivity contribution in [2.24, 2.45) is 11.3 Å². The van der Waals surface area contributed by atoms with Gasteiger partial charge in [0.1, 0.15) is 15.9 Å². The number of sulfone groups is 1. The average molecular weight is 317 g/mol. The van der Waals surface area contributed by atoms with E-state index < -0.39 is 21.8 Å². The SMILES string of the molecule is CCCCC(NC(=O)C1CC12CCS(=O)(=O)CC2)C(=O)O. The number of carboxylic acid groups (broad SMARTS) is 1. The van der Waals surface area contributed by atoms with Gasteiger partial charge in [-0.1, -0.05) is 19.8 Å². The Balaban J connectivity index is 1.89. The third kappa shape index (κ3) is 3.75. The molecule has 0 radical (unpaired) electrons. The zero-order valence-electron chi connectivity index (χ0n) is 12.3. The molecule has 2 unspecified atom stereocenters. The summed E-state index contributed by atoms with van der Waals surface area (Å²) in [6, 6.07) is -0.831. The van der Waals surface area contributed by atoms with Crippen LogP contribution in [0.4, 0.5) is 0 Å². The molecule has 0 aromatic heterocycles. The van der Waals surface area contributed by atoms with Gasteiger partial charge in [0, 0.05) is 5.92 Å². The summed E-state index contributed by atoms with van der Waals surface area (Å²) in [5.74, 6) is -1.14. The van der Waals surface area contributed by atoms with Crippen molar-refractivity contribution < 1.29 is 23.1 Å². The number of rotatable bonds is 6. The topological polar surface area (TPSA) is 101 Å². The van der Waals surface area contributed by atoms with Crippen molar-refractivity contribution in [3.63, 3.8) is 0 Å². The summed E-state index contributed by atoms with van der Waals surface area (Å²) in [7, 11) is -2.94. The summed E-state index contributed by atoms with van der Waals surface area (Å²) in [6.45, 7) is 1.97. The molecule has 21 heavy (non-hydrogen) atoms. The first-order valence-corrected chi connectivity index (χ1v) is 9.35. The Morgan fingerprint density at radius 1 is 1.33 bits per heavy atom. The zero-order chi connectivity index (χ0) is 15.7. The lowest BCUT2D eigenvalue weighted by Crippen LogP contribution is -2.42. The summed E-state index contributed by atoms with van der Waals surface area (Å²) in [4.78, 5) is 23.3. The van der Waals surface area contributed by atoms with E-state index in [1.165, 1.54) is 0 Å². The predicted molar refractivity (Wildman–Crippen MR) is 77.5 cm³/mol. The molecule has 2 rings (SSSR count). The van der Waals surface area contributed by atoms with E-state index >= 15 is 0 Å². The molecule has 1 amide bonds. The van der Waals surface area contributed by atoms with Crippen molar-refractivity contribution in [3.05, 3.63) is 0 Å². The van der Waals surface area contributed by atoms with Gasteiger partial charge in [-0.2, -0.15) is 0 Å². The van der Waals surface area contributed by atoms with Crippen LogP contribution in [0.1, 0.15) is 45.4 Å². The standard InChI is InChI=1S/C14H23NO5S/c1-2-3-4-11(13(17)18)15-12(16)10-9-14(10)5-7-21(19,20)8-6-14/h10-11H,2-9H2,1H3,(H,15,16)(H,17,18). The van der Waals surface area contributed by atoms with E-state index in [-0.39, 0.29) is 28.7 Å². The molecule has 1 spiro atoms. The average Bonchev–Trinajstić information content (AvgIpc) is 3.13. The van der Waals surface area contributed by atoms with Gasteiger partial charge in [0.2, 0.25) is 5.91 Å². The zero-order valence-corrected chi connectivity index (χ0v) is 13.1. The van der Waals surface area contributed by atoms with E-state index in [0.29, 0.717) is 25.7 Å². The molecule has 2 aliphatic rings. The van der Waals surface area contributed by atoms with Crippen LogP contribution < -0.4 is 5.32 Å². The number of nitrogens with one attached hydrogen (secondary N) is 1. The maximum atomic E-state index is 12.2. The van der Waals surface area contributed by atoms with E-state index in [4.69, 9.17) is 5.11 Å². The van der Waals surface area contributed by atoms with E-state index in [1.807, 2.05) is 6.92 Å². The first-order valence-electron chi connectivity index (χ1n) is 7.53. The fourth-order valence-electron chi connectivity index (χ4n) is 3.15. The van der Waals surface area contributed by atoms with Crippen molar-refractivity contribution in [3.8, 4) is 0 Å². The lowest BCUT2D eigenvalue weighted by Gasteiger charge is -2.23. The van der Waals surface area contributed by atoms with Crippen LogP contribution in [0.15, 0.2) is 0 Å². The van der Waals surface area contributed by atoms with E-state index in [2.05, 4.69) is 5.32 Å². The van der Waals surface area contributed by atoms with Gasteiger partial charge in [-0.15, -0.1) is 0 Å². The van der Waals surface area contributed by atoms with Gasteiger partial charge in [0.15, 0.2) is 0 Å². The minimum Gasteiger partial charge on any atom is -0.480 e. The van der Waals surface area contributed by atoms with Crippen molar-refractivity contribution in [1.82, 2.24) is 5.32 Å². The van der Waals surface area contributed by atoms with Crippen molar-refractivity contribution >= 4 is 21.7 Å². The summed E-state index contributed by atoms with van der Waals surface area (Å²) in [5, 5.41) is 11.7. The smallest absolute Gasteiger partial charge is 0.326 e. The first kappa shape index (κ1) is 16.3. The summed E-state index contributed by atoms with van der Waals surface area (Å²) >= 11 is 0. The quantitative estimate of drug-likeness (QED) is 0.760. The molecule has 1 aliphatic heterocycles. The molecule has 2 fully saturated rings. The highest BCUT2D eigenvalue weighted by Crippen LogP contribution is 2.59. The Bertz CT molecular complexity index is 513. The lowest BCUT2D eigenvalue weighted by molar-refractivity contribution is -0.142. The van der Waals surface area contributed by atoms with Gasteiger partial charge in [0.05, 0.1) is 11.5 Å². The summed E-state index contributed by atoms with van der Waals surface area (Å²) in [6.07, 6.45) is 3.82. The van der Waals surface area contributed by atoms with Crippen LogP contribution in [0, 0.1) is 11.3 Å². The Hall–Kier alpha value is -1.11. The highest BCUT2D eigenvalue weighted by molar-refractivity contribution is 7.91. The van der Waals surface area contributed by atoms with Crippen molar-refractivity contribution in [2.45, 2.75) is 51.5 Å². The molecule has 7 heteroatoms. The molecule has 1 saturated carbocycles. The second-order valence-corrected chi connectivity index (χ2v) is 8.62. The number of aliphatic carboxylic acids is 1. The molecule has 120 valence electrons. The Morgan fingerprint density at radius 2 is 1.95 bits per heavy atom. The molecular weight excluding hydrogens is 294 g/mol. The second kappa shape index (κ2) is 5.94.